The molecule has 0 spiro atoms. The summed E-state index contributed by atoms with van der Waals surface area (Å²) < 4.78 is 12.6. The highest BCUT2D eigenvalue weighted by Crippen LogP contribution is 2.26. The van der Waals surface area contributed by atoms with Gasteiger partial charge in [0.1, 0.15) is 18.4 Å². The quantitative estimate of drug-likeness (QED) is 0.742. The number of benzene rings is 1. The predicted molar refractivity (Wildman–Crippen MR) is 91.4 cm³/mol. The largest absolute Gasteiger partial charge is 0.497 e. The number of amides is 1. The van der Waals surface area contributed by atoms with Gasteiger partial charge in [0, 0.05) is 23.7 Å². The summed E-state index contributed by atoms with van der Waals surface area (Å²) in [4.78, 5) is 16.6. The molecule has 4 rings (SSSR count). The molecule has 0 bridgehead atoms. The molecule has 2 N–H and O–H groups in total. The van der Waals surface area contributed by atoms with Gasteiger partial charge in [0.25, 0.3) is 0 Å². The maximum absolute atomic E-state index is 12.3. The highest BCUT2D eigenvalue weighted by atomic mass is 16.5. The Labute approximate surface area is 144 Å². The number of nitrogens with zero attached hydrogens (tertiary/aromatic N) is 3. The summed E-state index contributed by atoms with van der Waals surface area (Å²) in [5.41, 5.74) is 0.964. The van der Waals surface area contributed by atoms with Crippen LogP contribution in [0.15, 0.2) is 30.5 Å². The van der Waals surface area contributed by atoms with Crippen LogP contribution in [0.2, 0.25) is 0 Å². The lowest BCUT2D eigenvalue weighted by Crippen LogP contribution is -2.19. The van der Waals surface area contributed by atoms with Gasteiger partial charge < -0.3 is 14.0 Å². The fraction of sp³-hybridized carbons (Fsp3) is 0.353. The van der Waals surface area contributed by atoms with Crippen LogP contribution in [-0.4, -0.2) is 39.4 Å². The van der Waals surface area contributed by atoms with Crippen LogP contribution in [0.3, 0.4) is 0 Å². The van der Waals surface area contributed by atoms with E-state index in [0.29, 0.717) is 5.82 Å². The first kappa shape index (κ1) is 15.6. The molecule has 1 saturated heterocycles. The summed E-state index contributed by atoms with van der Waals surface area (Å²) in [5.74, 6) is 1.53. The van der Waals surface area contributed by atoms with Gasteiger partial charge >= 0.3 is 0 Å². The van der Waals surface area contributed by atoms with E-state index in [-0.39, 0.29) is 24.5 Å². The van der Waals surface area contributed by atoms with Crippen LogP contribution in [0, 0.1) is 0 Å². The molecule has 2 aromatic heterocycles. The highest BCUT2D eigenvalue weighted by molar-refractivity contribution is 5.90. The number of H-pyrrole nitrogens is 1. The second-order valence-electron chi connectivity index (χ2n) is 5.96. The molecule has 0 radical (unpaired) electrons. The number of fused-ring (bicyclic) bond motifs is 1. The van der Waals surface area contributed by atoms with E-state index in [1.807, 2.05) is 35.0 Å². The van der Waals surface area contributed by atoms with Crippen molar-refractivity contribution in [2.75, 3.05) is 19.0 Å². The number of aromatic amines is 1. The van der Waals surface area contributed by atoms with Crippen molar-refractivity contribution in [3.8, 4) is 5.75 Å². The van der Waals surface area contributed by atoms with Crippen molar-refractivity contribution in [1.82, 2.24) is 19.7 Å². The van der Waals surface area contributed by atoms with Gasteiger partial charge in [0.2, 0.25) is 11.9 Å². The zero-order valence-corrected chi connectivity index (χ0v) is 13.9. The van der Waals surface area contributed by atoms with Crippen molar-refractivity contribution in [3.05, 3.63) is 36.3 Å². The molecule has 1 fully saturated rings. The van der Waals surface area contributed by atoms with Crippen LogP contribution < -0.4 is 10.1 Å². The fourth-order valence-electron chi connectivity index (χ4n) is 3.03. The van der Waals surface area contributed by atoms with E-state index in [2.05, 4.69) is 20.5 Å². The molecule has 8 nitrogen and oxygen atoms in total. The molecule has 1 aromatic carbocycles. The fourth-order valence-corrected chi connectivity index (χ4v) is 3.03. The normalized spacial score (nSPS) is 17.1. The summed E-state index contributed by atoms with van der Waals surface area (Å²) in [6.07, 6.45) is 3.75. The summed E-state index contributed by atoms with van der Waals surface area (Å²) in [5, 5.41) is 10.6. The van der Waals surface area contributed by atoms with E-state index in [1.54, 1.807) is 7.11 Å². The van der Waals surface area contributed by atoms with Crippen molar-refractivity contribution >= 4 is 22.8 Å². The Hall–Kier alpha value is -2.87. The number of carbonyl (C=O) groups is 1. The van der Waals surface area contributed by atoms with Gasteiger partial charge in [-0.25, -0.2) is 0 Å². The van der Waals surface area contributed by atoms with Gasteiger partial charge in [0.15, 0.2) is 5.82 Å². The molecular weight excluding hydrogens is 322 g/mol. The van der Waals surface area contributed by atoms with Crippen LogP contribution in [0.1, 0.15) is 24.8 Å². The molecule has 3 aromatic rings. The number of hydrogen-bond acceptors (Lipinski definition) is 5. The number of methoxy groups -OCH3 is 1. The minimum atomic E-state index is -0.189. The van der Waals surface area contributed by atoms with Crippen molar-refractivity contribution < 1.29 is 14.3 Å². The number of anilines is 1. The second-order valence-corrected chi connectivity index (χ2v) is 5.96. The van der Waals surface area contributed by atoms with Gasteiger partial charge in [-0.05, 0) is 37.1 Å². The average molecular weight is 341 g/mol. The lowest BCUT2D eigenvalue weighted by atomic mass is 10.2. The van der Waals surface area contributed by atoms with Crippen LogP contribution >= 0.6 is 0 Å². The van der Waals surface area contributed by atoms with Crippen molar-refractivity contribution in [1.29, 1.82) is 0 Å². The van der Waals surface area contributed by atoms with E-state index in [9.17, 15) is 4.79 Å². The Morgan fingerprint density at radius 3 is 3.20 bits per heavy atom. The molecule has 130 valence electrons. The third kappa shape index (κ3) is 3.20. The van der Waals surface area contributed by atoms with Crippen LogP contribution in [0.4, 0.5) is 5.95 Å². The predicted octanol–water partition coefficient (Wildman–Crippen LogP) is 2.26. The molecular formula is C17H19N5O3. The Morgan fingerprint density at radius 1 is 1.48 bits per heavy atom. The van der Waals surface area contributed by atoms with Crippen LogP contribution in [0.25, 0.3) is 10.9 Å². The van der Waals surface area contributed by atoms with Crippen molar-refractivity contribution in [2.24, 2.45) is 0 Å². The number of rotatable bonds is 5. The Balaban J connectivity index is 1.43. The van der Waals surface area contributed by atoms with E-state index >= 15 is 0 Å². The topological polar surface area (TPSA) is 94.1 Å². The maximum Gasteiger partial charge on any atom is 0.248 e. The van der Waals surface area contributed by atoms with E-state index in [1.165, 1.54) is 0 Å². The van der Waals surface area contributed by atoms with Gasteiger partial charge in [-0.15, -0.1) is 5.10 Å². The summed E-state index contributed by atoms with van der Waals surface area (Å²) in [6.45, 7) is 0.915. The second kappa shape index (κ2) is 6.56. The Morgan fingerprint density at radius 2 is 2.40 bits per heavy atom. The number of aromatic nitrogens is 4. The molecule has 0 saturated carbocycles. The molecule has 3 heterocycles. The molecule has 0 unspecified atom stereocenters. The summed E-state index contributed by atoms with van der Waals surface area (Å²) in [7, 11) is 1.63. The third-order valence-electron chi connectivity index (χ3n) is 4.28. The zero-order chi connectivity index (χ0) is 17.2. The van der Waals surface area contributed by atoms with Gasteiger partial charge in [-0.1, -0.05) is 0 Å². The SMILES string of the molecule is COc1ccc2c(ccn2CC(=O)Nc2n[nH]c([C@H]3CCCO3)n2)c1. The van der Waals surface area contributed by atoms with E-state index in [4.69, 9.17) is 9.47 Å². The van der Waals surface area contributed by atoms with E-state index < -0.39 is 0 Å². The minimum absolute atomic E-state index is 0.0541. The highest BCUT2D eigenvalue weighted by Gasteiger charge is 2.21. The monoisotopic (exact) mass is 341 g/mol. The molecule has 1 atom stereocenters. The van der Waals surface area contributed by atoms with E-state index in [0.717, 1.165) is 36.1 Å². The maximum atomic E-state index is 12.3. The standard InChI is InChI=1S/C17H19N5O3/c1-24-12-4-5-13-11(9-12)6-7-22(13)10-15(23)18-17-19-16(20-21-17)14-3-2-8-25-14/h4-7,9,14H,2-3,8,10H2,1H3,(H2,18,19,20,21,23)/t14-/m1/s1. The smallest absolute Gasteiger partial charge is 0.248 e. The Bertz CT molecular complexity index is 895. The molecule has 0 aliphatic carbocycles. The molecule has 25 heavy (non-hydrogen) atoms. The first-order valence-corrected chi connectivity index (χ1v) is 8.19. The number of carbonyl (C=O) groups excluding carboxylic acids is 1. The third-order valence-corrected chi connectivity index (χ3v) is 4.28. The minimum Gasteiger partial charge on any atom is -0.497 e. The molecule has 8 heteroatoms. The van der Waals surface area contributed by atoms with Gasteiger partial charge in [-0.3, -0.25) is 15.2 Å². The molecule has 1 aliphatic heterocycles. The van der Waals surface area contributed by atoms with Crippen molar-refractivity contribution in [2.45, 2.75) is 25.5 Å². The Kier molecular flexibility index (Phi) is 4.10. The lowest BCUT2D eigenvalue weighted by Gasteiger charge is -2.06. The first-order valence-electron chi connectivity index (χ1n) is 8.19. The summed E-state index contributed by atoms with van der Waals surface area (Å²) >= 11 is 0. The lowest BCUT2D eigenvalue weighted by molar-refractivity contribution is -0.116. The first-order chi connectivity index (χ1) is 12.2. The molecule has 1 aliphatic rings. The van der Waals surface area contributed by atoms with Crippen LogP contribution in [0.5, 0.6) is 5.75 Å². The van der Waals surface area contributed by atoms with Gasteiger partial charge in [-0.2, -0.15) is 4.98 Å². The average Bonchev–Trinajstić information content (AvgIpc) is 3.35. The number of ether oxygens (including phenoxy) is 2. The zero-order valence-electron chi connectivity index (χ0n) is 13.9. The van der Waals surface area contributed by atoms with Gasteiger partial charge in [0.05, 0.1) is 7.11 Å². The molecule has 1 amide bonds. The summed E-state index contributed by atoms with van der Waals surface area (Å²) in [6, 6.07) is 7.70. The van der Waals surface area contributed by atoms with Crippen molar-refractivity contribution in [3.63, 3.8) is 0 Å². The van der Waals surface area contributed by atoms with Crippen LogP contribution in [-0.2, 0) is 16.1 Å². The number of hydrogen-bond donors (Lipinski definition) is 2. The number of nitrogens with one attached hydrogen (secondary N) is 2.